The van der Waals surface area contributed by atoms with E-state index in [0.717, 1.165) is 19.0 Å². The number of rotatable bonds is 2. The van der Waals surface area contributed by atoms with Gasteiger partial charge in [-0.2, -0.15) is 0 Å². The maximum absolute atomic E-state index is 6.26. The van der Waals surface area contributed by atoms with Crippen LogP contribution in [0.25, 0.3) is 0 Å². The van der Waals surface area contributed by atoms with Gasteiger partial charge in [-0.25, -0.2) is 0 Å². The van der Waals surface area contributed by atoms with Crippen molar-refractivity contribution in [2.45, 2.75) is 37.6 Å². The first-order valence-electron chi connectivity index (χ1n) is 4.78. The summed E-state index contributed by atoms with van der Waals surface area (Å²) in [5.74, 6) is 0.984. The smallest absolute Gasteiger partial charge is 0.0181 e. The SMILES string of the molecule is NC1(CC2CC2)CCNCC1. The molecule has 0 atom stereocenters. The van der Waals surface area contributed by atoms with Gasteiger partial charge in [0.1, 0.15) is 0 Å². The molecule has 0 spiro atoms. The highest BCUT2D eigenvalue weighted by Gasteiger charge is 2.34. The maximum atomic E-state index is 6.26. The van der Waals surface area contributed by atoms with E-state index in [1.54, 1.807) is 0 Å². The van der Waals surface area contributed by atoms with Crippen molar-refractivity contribution in [2.24, 2.45) is 11.7 Å². The van der Waals surface area contributed by atoms with E-state index in [4.69, 9.17) is 5.73 Å². The molecule has 0 amide bonds. The molecule has 0 aromatic carbocycles. The minimum atomic E-state index is 0.201. The fourth-order valence-electron chi connectivity index (χ4n) is 2.03. The Morgan fingerprint density at radius 1 is 1.27 bits per heavy atom. The Bertz CT molecular complexity index is 134. The fourth-order valence-corrected chi connectivity index (χ4v) is 2.03. The van der Waals surface area contributed by atoms with E-state index in [2.05, 4.69) is 5.32 Å². The Kier molecular flexibility index (Phi) is 1.90. The van der Waals surface area contributed by atoms with E-state index >= 15 is 0 Å². The molecule has 2 aliphatic rings. The normalized spacial score (nSPS) is 30.3. The Balaban J connectivity index is 1.84. The maximum Gasteiger partial charge on any atom is 0.0181 e. The zero-order valence-corrected chi connectivity index (χ0v) is 7.10. The summed E-state index contributed by atoms with van der Waals surface area (Å²) in [6.45, 7) is 2.26. The molecule has 1 saturated carbocycles. The molecular formula is C9H18N2. The lowest BCUT2D eigenvalue weighted by atomic mass is 9.84. The summed E-state index contributed by atoms with van der Waals surface area (Å²) in [6.07, 6.45) is 6.53. The molecule has 2 nitrogen and oxygen atoms in total. The number of hydrogen-bond donors (Lipinski definition) is 2. The standard InChI is InChI=1S/C9H18N2/c10-9(7-8-1-2-8)3-5-11-6-4-9/h8,11H,1-7,10H2. The average Bonchev–Trinajstić information content (AvgIpc) is 2.72. The van der Waals surface area contributed by atoms with Crippen LogP contribution in [-0.2, 0) is 0 Å². The molecule has 0 aromatic rings. The van der Waals surface area contributed by atoms with Crippen LogP contribution in [0.5, 0.6) is 0 Å². The zero-order valence-electron chi connectivity index (χ0n) is 7.10. The summed E-state index contributed by atoms with van der Waals surface area (Å²) in [5.41, 5.74) is 6.46. The Hall–Kier alpha value is -0.0800. The van der Waals surface area contributed by atoms with Gasteiger partial charge >= 0.3 is 0 Å². The lowest BCUT2D eigenvalue weighted by Crippen LogP contribution is -2.49. The van der Waals surface area contributed by atoms with Crippen molar-refractivity contribution in [3.8, 4) is 0 Å². The second kappa shape index (κ2) is 2.76. The van der Waals surface area contributed by atoms with Gasteiger partial charge in [0, 0.05) is 5.54 Å². The van der Waals surface area contributed by atoms with Crippen LogP contribution in [0.3, 0.4) is 0 Å². The van der Waals surface area contributed by atoms with Crippen LogP contribution in [0.15, 0.2) is 0 Å². The van der Waals surface area contributed by atoms with E-state index in [0.29, 0.717) is 0 Å². The second-order valence-electron chi connectivity index (χ2n) is 4.26. The van der Waals surface area contributed by atoms with Gasteiger partial charge in [0.2, 0.25) is 0 Å². The highest BCUT2D eigenvalue weighted by Crippen LogP contribution is 2.38. The predicted molar refractivity (Wildman–Crippen MR) is 46.4 cm³/mol. The van der Waals surface area contributed by atoms with Gasteiger partial charge in [0.05, 0.1) is 0 Å². The summed E-state index contributed by atoms with van der Waals surface area (Å²) in [4.78, 5) is 0. The van der Waals surface area contributed by atoms with E-state index < -0.39 is 0 Å². The highest BCUT2D eigenvalue weighted by atomic mass is 14.9. The number of nitrogens with one attached hydrogen (secondary N) is 1. The Morgan fingerprint density at radius 2 is 1.91 bits per heavy atom. The molecule has 3 N–H and O–H groups in total. The lowest BCUT2D eigenvalue weighted by molar-refractivity contribution is 0.279. The summed E-state index contributed by atoms with van der Waals surface area (Å²) in [6, 6.07) is 0. The number of piperidine rings is 1. The minimum Gasteiger partial charge on any atom is -0.325 e. The van der Waals surface area contributed by atoms with E-state index in [1.807, 2.05) is 0 Å². The molecule has 64 valence electrons. The molecule has 11 heavy (non-hydrogen) atoms. The molecule has 2 heteroatoms. The van der Waals surface area contributed by atoms with Crippen LogP contribution < -0.4 is 11.1 Å². The monoisotopic (exact) mass is 154 g/mol. The number of nitrogens with two attached hydrogens (primary N) is 1. The summed E-state index contributed by atoms with van der Waals surface area (Å²) < 4.78 is 0. The summed E-state index contributed by atoms with van der Waals surface area (Å²) >= 11 is 0. The Morgan fingerprint density at radius 3 is 2.45 bits per heavy atom. The van der Waals surface area contributed by atoms with Crippen LogP contribution >= 0.6 is 0 Å². The lowest BCUT2D eigenvalue weighted by Gasteiger charge is -2.34. The summed E-state index contributed by atoms with van der Waals surface area (Å²) in [7, 11) is 0. The third-order valence-corrected chi connectivity index (χ3v) is 2.99. The van der Waals surface area contributed by atoms with Gasteiger partial charge in [-0.05, 0) is 38.3 Å². The van der Waals surface area contributed by atoms with Gasteiger partial charge in [0.15, 0.2) is 0 Å². The number of hydrogen-bond acceptors (Lipinski definition) is 2. The fraction of sp³-hybridized carbons (Fsp3) is 1.00. The summed E-state index contributed by atoms with van der Waals surface area (Å²) in [5, 5.41) is 3.35. The van der Waals surface area contributed by atoms with Gasteiger partial charge in [-0.15, -0.1) is 0 Å². The molecule has 0 unspecified atom stereocenters. The highest BCUT2D eigenvalue weighted by molar-refractivity contribution is 4.93. The van der Waals surface area contributed by atoms with Crippen LogP contribution in [0.4, 0.5) is 0 Å². The third kappa shape index (κ3) is 1.94. The largest absolute Gasteiger partial charge is 0.325 e. The molecule has 0 aromatic heterocycles. The van der Waals surface area contributed by atoms with E-state index in [-0.39, 0.29) is 5.54 Å². The van der Waals surface area contributed by atoms with Gasteiger partial charge in [-0.1, -0.05) is 12.8 Å². The van der Waals surface area contributed by atoms with Gasteiger partial charge in [0.25, 0.3) is 0 Å². The third-order valence-electron chi connectivity index (χ3n) is 2.99. The van der Waals surface area contributed by atoms with Crippen molar-refractivity contribution in [2.75, 3.05) is 13.1 Å². The average molecular weight is 154 g/mol. The molecular weight excluding hydrogens is 136 g/mol. The molecule has 1 aliphatic carbocycles. The van der Waals surface area contributed by atoms with Crippen molar-refractivity contribution in [1.82, 2.24) is 5.32 Å². The van der Waals surface area contributed by atoms with Gasteiger partial charge in [-0.3, -0.25) is 0 Å². The topological polar surface area (TPSA) is 38.0 Å². The van der Waals surface area contributed by atoms with Gasteiger partial charge < -0.3 is 11.1 Å². The molecule has 1 saturated heterocycles. The first kappa shape index (κ1) is 7.56. The minimum absolute atomic E-state index is 0.201. The predicted octanol–water partition coefficient (Wildman–Crippen LogP) is 0.867. The van der Waals surface area contributed by atoms with E-state index in [1.165, 1.54) is 32.1 Å². The van der Waals surface area contributed by atoms with Crippen molar-refractivity contribution < 1.29 is 0 Å². The first-order valence-corrected chi connectivity index (χ1v) is 4.78. The van der Waals surface area contributed by atoms with Crippen molar-refractivity contribution in [1.29, 1.82) is 0 Å². The molecule has 2 rings (SSSR count). The molecule has 1 aliphatic heterocycles. The van der Waals surface area contributed by atoms with E-state index in [9.17, 15) is 0 Å². The molecule has 0 bridgehead atoms. The molecule has 0 radical (unpaired) electrons. The van der Waals surface area contributed by atoms with Crippen molar-refractivity contribution in [3.05, 3.63) is 0 Å². The van der Waals surface area contributed by atoms with Crippen LogP contribution in [-0.4, -0.2) is 18.6 Å². The molecule has 2 fully saturated rings. The Labute approximate surface area is 68.5 Å². The zero-order chi connectivity index (χ0) is 7.73. The molecule has 1 heterocycles. The van der Waals surface area contributed by atoms with Crippen molar-refractivity contribution >= 4 is 0 Å². The van der Waals surface area contributed by atoms with Crippen LogP contribution in [0.1, 0.15) is 32.1 Å². The van der Waals surface area contributed by atoms with Crippen LogP contribution in [0, 0.1) is 5.92 Å². The second-order valence-corrected chi connectivity index (χ2v) is 4.26. The quantitative estimate of drug-likeness (QED) is 0.619. The van der Waals surface area contributed by atoms with Crippen LogP contribution in [0.2, 0.25) is 0 Å². The first-order chi connectivity index (χ1) is 5.29. The van der Waals surface area contributed by atoms with Crippen molar-refractivity contribution in [3.63, 3.8) is 0 Å².